The van der Waals surface area contributed by atoms with Gasteiger partial charge in [0.1, 0.15) is 0 Å². The molecule has 0 bridgehead atoms. The topological polar surface area (TPSA) is 26.0 Å². The lowest BCUT2D eigenvalue weighted by atomic mass is 10.0. The molecule has 0 aromatic heterocycles. The third-order valence-corrected chi connectivity index (χ3v) is 2.80. The highest BCUT2D eigenvalue weighted by Crippen LogP contribution is 2.33. The first-order valence-corrected chi connectivity index (χ1v) is 5.38. The van der Waals surface area contributed by atoms with Gasteiger partial charge in [-0.3, -0.25) is 0 Å². The smallest absolute Gasteiger partial charge is 0.0818 e. The monoisotopic (exact) mass is 223 g/mol. The Labute approximate surface area is 94.2 Å². The number of allylic oxidation sites excluding steroid dienone is 1. The zero-order valence-corrected chi connectivity index (χ0v) is 9.53. The summed E-state index contributed by atoms with van der Waals surface area (Å²) in [5.41, 5.74) is 8.83. The molecule has 0 radical (unpaired) electrons. The van der Waals surface area contributed by atoms with Crippen LogP contribution >= 0.6 is 12.1 Å². The second-order valence-corrected chi connectivity index (χ2v) is 3.81. The van der Waals surface area contributed by atoms with Crippen LogP contribution in [0.5, 0.6) is 0 Å². The minimum absolute atomic E-state index is 0.213. The van der Waals surface area contributed by atoms with E-state index in [0.29, 0.717) is 10.6 Å². The fraction of sp³-hybridized carbons (Fsp3) is 0.167. The Hall–Kier alpha value is -1.22. The maximum atomic E-state index is 12.7. The Kier molecular flexibility index (Phi) is 3.97. The number of hydrogen-bond acceptors (Lipinski definition) is 2. The normalized spacial score (nSPS) is 10.0. The molecule has 15 heavy (non-hydrogen) atoms. The minimum atomic E-state index is 0.213. The van der Waals surface area contributed by atoms with Crippen molar-refractivity contribution in [3.05, 3.63) is 36.4 Å². The summed E-state index contributed by atoms with van der Waals surface area (Å²) >= 11 is 0.213. The number of halogens is 1. The minimum Gasteiger partial charge on any atom is -0.398 e. The molecule has 0 aliphatic rings. The summed E-state index contributed by atoms with van der Waals surface area (Å²) < 4.78 is 12.7. The molecule has 0 aliphatic carbocycles. The molecular weight excluding hydrogens is 209 g/mol. The van der Waals surface area contributed by atoms with E-state index in [1.807, 2.05) is 6.92 Å². The quantitative estimate of drug-likeness (QED) is 0.770. The fourth-order valence-corrected chi connectivity index (χ4v) is 1.78. The fourth-order valence-electron chi connectivity index (χ4n) is 1.32. The Morgan fingerprint density at radius 2 is 2.27 bits per heavy atom. The lowest BCUT2D eigenvalue weighted by molar-refractivity contribution is 0.932. The first-order chi connectivity index (χ1) is 7.13. The first-order valence-electron chi connectivity index (χ1n) is 4.66. The van der Waals surface area contributed by atoms with Crippen molar-refractivity contribution < 1.29 is 3.89 Å². The van der Waals surface area contributed by atoms with Gasteiger partial charge in [0.05, 0.1) is 12.1 Å². The van der Waals surface area contributed by atoms with E-state index in [2.05, 4.69) is 13.2 Å². The van der Waals surface area contributed by atoms with Crippen LogP contribution < -0.4 is 5.73 Å². The van der Waals surface area contributed by atoms with Crippen LogP contribution in [0.1, 0.15) is 24.5 Å². The highest BCUT2D eigenvalue weighted by molar-refractivity contribution is 7.94. The average molecular weight is 223 g/mol. The van der Waals surface area contributed by atoms with Gasteiger partial charge < -0.3 is 5.73 Å². The van der Waals surface area contributed by atoms with Gasteiger partial charge >= 0.3 is 0 Å². The SMILES string of the molecule is C=Cc1cc(SF)c(C(=C)CC)cc1N. The van der Waals surface area contributed by atoms with Crippen LogP contribution in [-0.2, 0) is 0 Å². The van der Waals surface area contributed by atoms with Gasteiger partial charge in [0, 0.05) is 10.6 Å². The van der Waals surface area contributed by atoms with Crippen molar-refractivity contribution in [1.82, 2.24) is 0 Å². The van der Waals surface area contributed by atoms with Gasteiger partial charge in [0.15, 0.2) is 0 Å². The predicted molar refractivity (Wildman–Crippen MR) is 67.2 cm³/mol. The van der Waals surface area contributed by atoms with Crippen molar-refractivity contribution in [1.29, 1.82) is 0 Å². The van der Waals surface area contributed by atoms with Crippen LogP contribution in [0.25, 0.3) is 11.6 Å². The van der Waals surface area contributed by atoms with Gasteiger partial charge in [-0.05, 0) is 35.3 Å². The molecular formula is C12H14FNS. The van der Waals surface area contributed by atoms with Crippen molar-refractivity contribution in [3.63, 3.8) is 0 Å². The standard InChI is InChI=1S/C12H14FNS/c1-4-8(3)10-7-11(14)9(5-2)6-12(10)15-13/h5-7H,2-4,14H2,1H3. The second-order valence-electron chi connectivity index (χ2n) is 3.22. The zero-order chi connectivity index (χ0) is 11.4. The number of nitrogens with two attached hydrogens (primary N) is 1. The average Bonchev–Trinajstić information content (AvgIpc) is 2.27. The van der Waals surface area contributed by atoms with E-state index in [9.17, 15) is 3.89 Å². The Morgan fingerprint density at radius 3 is 2.73 bits per heavy atom. The van der Waals surface area contributed by atoms with Gasteiger partial charge in [-0.15, -0.1) is 0 Å². The maximum absolute atomic E-state index is 12.7. The predicted octanol–water partition coefficient (Wildman–Crippen LogP) is 4.31. The third-order valence-electron chi connectivity index (χ3n) is 2.30. The van der Waals surface area contributed by atoms with Crippen molar-refractivity contribution in [2.24, 2.45) is 0 Å². The first kappa shape index (κ1) is 11.9. The van der Waals surface area contributed by atoms with Crippen LogP contribution in [-0.4, -0.2) is 0 Å². The lowest BCUT2D eigenvalue weighted by Gasteiger charge is -2.10. The number of rotatable bonds is 4. The number of anilines is 1. The van der Waals surface area contributed by atoms with Gasteiger partial charge in [0.25, 0.3) is 0 Å². The van der Waals surface area contributed by atoms with Gasteiger partial charge in [-0.2, -0.15) is 3.89 Å². The van der Waals surface area contributed by atoms with E-state index < -0.39 is 0 Å². The van der Waals surface area contributed by atoms with Crippen molar-refractivity contribution in [2.75, 3.05) is 5.73 Å². The summed E-state index contributed by atoms with van der Waals surface area (Å²) in [6.07, 6.45) is 2.40. The molecule has 0 atom stereocenters. The van der Waals surface area contributed by atoms with E-state index in [1.165, 1.54) is 0 Å². The second kappa shape index (κ2) is 5.03. The molecule has 1 aromatic carbocycles. The van der Waals surface area contributed by atoms with E-state index >= 15 is 0 Å². The Bertz CT molecular complexity index is 399. The Balaban J connectivity index is 3.33. The van der Waals surface area contributed by atoms with Crippen LogP contribution in [0.3, 0.4) is 0 Å². The molecule has 3 heteroatoms. The molecule has 0 spiro atoms. The summed E-state index contributed by atoms with van der Waals surface area (Å²) in [6.45, 7) is 9.49. The highest BCUT2D eigenvalue weighted by atomic mass is 32.2. The molecule has 0 aliphatic heterocycles. The van der Waals surface area contributed by atoms with Gasteiger partial charge in [0.2, 0.25) is 0 Å². The number of hydrogen-bond donors (Lipinski definition) is 1. The molecule has 1 rings (SSSR count). The van der Waals surface area contributed by atoms with Crippen molar-refractivity contribution in [3.8, 4) is 0 Å². The molecule has 2 N–H and O–H groups in total. The zero-order valence-electron chi connectivity index (χ0n) is 8.72. The number of nitrogen functional groups attached to an aromatic ring is 1. The summed E-state index contributed by atoms with van der Waals surface area (Å²) in [4.78, 5) is 0.547. The van der Waals surface area contributed by atoms with Crippen LogP contribution in [0.15, 0.2) is 30.2 Å². The molecule has 0 saturated heterocycles. The molecule has 0 unspecified atom stereocenters. The molecule has 0 heterocycles. The molecule has 1 nitrogen and oxygen atoms in total. The van der Waals surface area contributed by atoms with Gasteiger partial charge in [-0.25, -0.2) is 0 Å². The van der Waals surface area contributed by atoms with Crippen LogP contribution in [0.4, 0.5) is 9.57 Å². The maximum Gasteiger partial charge on any atom is 0.0818 e. The van der Waals surface area contributed by atoms with E-state index in [-0.39, 0.29) is 12.1 Å². The van der Waals surface area contributed by atoms with Crippen molar-refractivity contribution >= 4 is 29.5 Å². The molecule has 0 saturated carbocycles. The lowest BCUT2D eigenvalue weighted by Crippen LogP contribution is -1.94. The number of benzene rings is 1. The summed E-state index contributed by atoms with van der Waals surface area (Å²) in [5.74, 6) is 0. The summed E-state index contributed by atoms with van der Waals surface area (Å²) in [7, 11) is 0. The van der Waals surface area contributed by atoms with E-state index in [1.54, 1.807) is 18.2 Å². The summed E-state index contributed by atoms with van der Waals surface area (Å²) in [6, 6.07) is 3.45. The molecule has 0 amide bonds. The molecule has 0 fully saturated rings. The van der Waals surface area contributed by atoms with Gasteiger partial charge in [-0.1, -0.05) is 26.2 Å². The molecule has 80 valence electrons. The Morgan fingerprint density at radius 1 is 1.60 bits per heavy atom. The van der Waals surface area contributed by atoms with Crippen LogP contribution in [0.2, 0.25) is 0 Å². The molecule has 1 aromatic rings. The largest absolute Gasteiger partial charge is 0.398 e. The highest BCUT2D eigenvalue weighted by Gasteiger charge is 2.09. The summed E-state index contributed by atoms with van der Waals surface area (Å²) in [5, 5.41) is 0. The third kappa shape index (κ3) is 2.42. The van der Waals surface area contributed by atoms with Crippen LogP contribution in [0, 0.1) is 0 Å². The van der Waals surface area contributed by atoms with Crippen molar-refractivity contribution in [2.45, 2.75) is 18.2 Å². The van der Waals surface area contributed by atoms with E-state index in [0.717, 1.165) is 23.1 Å². The van der Waals surface area contributed by atoms with E-state index in [4.69, 9.17) is 5.73 Å².